The Morgan fingerprint density at radius 2 is 1.85 bits per heavy atom. The number of hydrogen-bond acceptors (Lipinski definition) is 3. The summed E-state index contributed by atoms with van der Waals surface area (Å²) in [6.45, 7) is 5.40. The van der Waals surface area contributed by atoms with Gasteiger partial charge < -0.3 is 14.7 Å². The molecule has 0 radical (unpaired) electrons. The Morgan fingerprint density at radius 3 is 2.40 bits per heavy atom. The standard InChI is InChI=1S/C15H21NO4/c1-3-8-16(9-4-2)14(17)11-20-13-7-5-6-12(10-13)15(18)19/h5-7,10H,3-4,8-9,11H2,1-2H3,(H,18,19). The number of aromatic carboxylic acids is 1. The maximum absolute atomic E-state index is 12.0. The fraction of sp³-hybridized carbons (Fsp3) is 0.467. The molecule has 1 amide bonds. The van der Waals surface area contributed by atoms with Crippen LogP contribution in [0.5, 0.6) is 5.75 Å². The van der Waals surface area contributed by atoms with Gasteiger partial charge in [0.15, 0.2) is 6.61 Å². The van der Waals surface area contributed by atoms with E-state index in [1.54, 1.807) is 17.0 Å². The first-order valence-corrected chi connectivity index (χ1v) is 6.82. The summed E-state index contributed by atoms with van der Waals surface area (Å²) < 4.78 is 5.38. The second kappa shape index (κ2) is 8.19. The molecular formula is C15H21NO4. The lowest BCUT2D eigenvalue weighted by atomic mass is 10.2. The van der Waals surface area contributed by atoms with Crippen molar-refractivity contribution < 1.29 is 19.4 Å². The molecule has 0 heterocycles. The summed E-state index contributed by atoms with van der Waals surface area (Å²) in [5, 5.41) is 8.88. The van der Waals surface area contributed by atoms with Crippen molar-refractivity contribution in [3.8, 4) is 5.75 Å². The van der Waals surface area contributed by atoms with Gasteiger partial charge in [0.25, 0.3) is 5.91 Å². The van der Waals surface area contributed by atoms with E-state index in [1.165, 1.54) is 12.1 Å². The monoisotopic (exact) mass is 279 g/mol. The summed E-state index contributed by atoms with van der Waals surface area (Å²) in [6.07, 6.45) is 1.81. The van der Waals surface area contributed by atoms with Gasteiger partial charge in [-0.3, -0.25) is 4.79 Å². The molecule has 0 aliphatic heterocycles. The zero-order valence-electron chi connectivity index (χ0n) is 12.0. The van der Waals surface area contributed by atoms with Crippen molar-refractivity contribution in [1.29, 1.82) is 0 Å². The van der Waals surface area contributed by atoms with Gasteiger partial charge in [-0.15, -0.1) is 0 Å². The summed E-state index contributed by atoms with van der Waals surface area (Å²) in [5.41, 5.74) is 0.147. The number of nitrogens with zero attached hydrogens (tertiary/aromatic N) is 1. The smallest absolute Gasteiger partial charge is 0.335 e. The lowest BCUT2D eigenvalue weighted by molar-refractivity contribution is -0.133. The lowest BCUT2D eigenvalue weighted by Gasteiger charge is -2.21. The number of benzene rings is 1. The molecule has 1 rings (SSSR count). The maximum atomic E-state index is 12.0. The van der Waals surface area contributed by atoms with Gasteiger partial charge in [-0.2, -0.15) is 0 Å². The molecule has 0 aliphatic carbocycles. The normalized spacial score (nSPS) is 10.1. The molecule has 0 unspecified atom stereocenters. The highest BCUT2D eigenvalue weighted by atomic mass is 16.5. The first-order chi connectivity index (χ1) is 9.58. The minimum atomic E-state index is -1.01. The van der Waals surface area contributed by atoms with Gasteiger partial charge in [-0.05, 0) is 31.0 Å². The van der Waals surface area contributed by atoms with Crippen LogP contribution in [0.25, 0.3) is 0 Å². The molecule has 0 fully saturated rings. The summed E-state index contributed by atoms with van der Waals surface area (Å²) >= 11 is 0. The first-order valence-electron chi connectivity index (χ1n) is 6.82. The van der Waals surface area contributed by atoms with E-state index in [2.05, 4.69) is 0 Å². The van der Waals surface area contributed by atoms with Crippen LogP contribution in [0, 0.1) is 0 Å². The van der Waals surface area contributed by atoms with E-state index in [4.69, 9.17) is 9.84 Å². The highest BCUT2D eigenvalue weighted by molar-refractivity contribution is 5.88. The Balaban J connectivity index is 2.59. The third-order valence-corrected chi connectivity index (χ3v) is 2.78. The Hall–Kier alpha value is -2.04. The topological polar surface area (TPSA) is 66.8 Å². The Morgan fingerprint density at radius 1 is 1.20 bits per heavy atom. The number of ether oxygens (including phenoxy) is 1. The summed E-state index contributed by atoms with van der Waals surface area (Å²) in [5.74, 6) is -0.694. The molecule has 5 nitrogen and oxygen atoms in total. The van der Waals surface area contributed by atoms with Gasteiger partial charge in [-0.1, -0.05) is 19.9 Å². The maximum Gasteiger partial charge on any atom is 0.335 e. The second-order valence-corrected chi connectivity index (χ2v) is 4.50. The first kappa shape index (κ1) is 16.0. The van der Waals surface area contributed by atoms with Crippen LogP contribution in [0.4, 0.5) is 0 Å². The molecule has 110 valence electrons. The Bertz CT molecular complexity index is 453. The Labute approximate surface area is 119 Å². The number of amides is 1. The van der Waals surface area contributed by atoms with E-state index < -0.39 is 5.97 Å². The highest BCUT2D eigenvalue weighted by Gasteiger charge is 2.12. The van der Waals surface area contributed by atoms with Crippen molar-refractivity contribution in [3.63, 3.8) is 0 Å². The number of hydrogen-bond donors (Lipinski definition) is 1. The van der Waals surface area contributed by atoms with Gasteiger partial charge in [0.1, 0.15) is 5.75 Å². The van der Waals surface area contributed by atoms with E-state index >= 15 is 0 Å². The van der Waals surface area contributed by atoms with Gasteiger partial charge in [0.2, 0.25) is 0 Å². The Kier molecular flexibility index (Phi) is 6.56. The molecule has 1 aromatic rings. The minimum Gasteiger partial charge on any atom is -0.484 e. The van der Waals surface area contributed by atoms with E-state index in [0.717, 1.165) is 12.8 Å². The van der Waals surface area contributed by atoms with E-state index in [0.29, 0.717) is 18.8 Å². The molecule has 0 saturated carbocycles. The van der Waals surface area contributed by atoms with Crippen molar-refractivity contribution >= 4 is 11.9 Å². The molecule has 0 aromatic heterocycles. The van der Waals surface area contributed by atoms with Crippen molar-refractivity contribution in [2.24, 2.45) is 0 Å². The van der Waals surface area contributed by atoms with Crippen LogP contribution in [-0.2, 0) is 4.79 Å². The molecule has 1 N–H and O–H groups in total. The van der Waals surface area contributed by atoms with E-state index in [1.807, 2.05) is 13.8 Å². The summed E-state index contributed by atoms with van der Waals surface area (Å²) in [4.78, 5) is 24.6. The molecule has 0 spiro atoms. The van der Waals surface area contributed by atoms with Crippen molar-refractivity contribution in [2.75, 3.05) is 19.7 Å². The fourth-order valence-corrected chi connectivity index (χ4v) is 1.86. The van der Waals surface area contributed by atoms with Gasteiger partial charge in [0, 0.05) is 13.1 Å². The van der Waals surface area contributed by atoms with Crippen LogP contribution < -0.4 is 4.74 Å². The van der Waals surface area contributed by atoms with Crippen LogP contribution in [0.1, 0.15) is 37.0 Å². The van der Waals surface area contributed by atoms with Crippen LogP contribution in [0.15, 0.2) is 24.3 Å². The van der Waals surface area contributed by atoms with E-state index in [9.17, 15) is 9.59 Å². The molecule has 20 heavy (non-hydrogen) atoms. The quantitative estimate of drug-likeness (QED) is 0.793. The van der Waals surface area contributed by atoms with Crippen LogP contribution >= 0.6 is 0 Å². The average molecular weight is 279 g/mol. The third-order valence-electron chi connectivity index (χ3n) is 2.78. The SMILES string of the molecule is CCCN(CCC)C(=O)COc1cccc(C(=O)O)c1. The zero-order chi connectivity index (χ0) is 15.0. The van der Waals surface area contributed by atoms with Gasteiger partial charge >= 0.3 is 5.97 Å². The van der Waals surface area contributed by atoms with Gasteiger partial charge in [0.05, 0.1) is 5.56 Å². The zero-order valence-corrected chi connectivity index (χ0v) is 12.0. The number of carboxylic acids is 1. The number of carbonyl (C=O) groups is 2. The third kappa shape index (κ3) is 4.91. The summed E-state index contributed by atoms with van der Waals surface area (Å²) in [6, 6.07) is 6.14. The molecular weight excluding hydrogens is 258 g/mol. The number of rotatable bonds is 8. The predicted octanol–water partition coefficient (Wildman–Crippen LogP) is 2.41. The van der Waals surface area contributed by atoms with Gasteiger partial charge in [-0.25, -0.2) is 4.79 Å². The van der Waals surface area contributed by atoms with Crippen LogP contribution in [0.3, 0.4) is 0 Å². The minimum absolute atomic E-state index is 0.0664. The molecule has 0 atom stereocenters. The molecule has 0 aliphatic rings. The fourth-order valence-electron chi connectivity index (χ4n) is 1.86. The second-order valence-electron chi connectivity index (χ2n) is 4.50. The molecule has 0 bridgehead atoms. The number of carboxylic acid groups (broad SMARTS) is 1. The van der Waals surface area contributed by atoms with Crippen molar-refractivity contribution in [3.05, 3.63) is 29.8 Å². The van der Waals surface area contributed by atoms with Crippen molar-refractivity contribution in [1.82, 2.24) is 4.90 Å². The molecule has 1 aromatic carbocycles. The molecule has 0 saturated heterocycles. The largest absolute Gasteiger partial charge is 0.484 e. The summed E-state index contributed by atoms with van der Waals surface area (Å²) in [7, 11) is 0. The van der Waals surface area contributed by atoms with Crippen LogP contribution in [-0.4, -0.2) is 41.6 Å². The molecule has 5 heteroatoms. The average Bonchev–Trinajstić information content (AvgIpc) is 2.45. The van der Waals surface area contributed by atoms with Crippen molar-refractivity contribution in [2.45, 2.75) is 26.7 Å². The number of carbonyl (C=O) groups excluding carboxylic acids is 1. The lowest BCUT2D eigenvalue weighted by Crippen LogP contribution is -2.36. The highest BCUT2D eigenvalue weighted by Crippen LogP contribution is 2.13. The van der Waals surface area contributed by atoms with Crippen LogP contribution in [0.2, 0.25) is 0 Å². The predicted molar refractivity (Wildman–Crippen MR) is 76.1 cm³/mol. The van der Waals surface area contributed by atoms with E-state index in [-0.39, 0.29) is 18.1 Å².